The second-order valence-corrected chi connectivity index (χ2v) is 3.84. The van der Waals surface area contributed by atoms with E-state index in [0.29, 0.717) is 36.8 Å². The lowest BCUT2D eigenvalue weighted by molar-refractivity contribution is 0.0655. The van der Waals surface area contributed by atoms with Gasteiger partial charge >= 0.3 is 0 Å². The van der Waals surface area contributed by atoms with Gasteiger partial charge in [-0.1, -0.05) is 0 Å². The molecule has 0 aliphatic rings. The molecule has 0 spiro atoms. The van der Waals surface area contributed by atoms with E-state index in [1.54, 1.807) is 31.9 Å². The second-order valence-electron chi connectivity index (χ2n) is 3.84. The zero-order valence-electron chi connectivity index (χ0n) is 10.5. The fourth-order valence-electron chi connectivity index (χ4n) is 1.65. The van der Waals surface area contributed by atoms with Gasteiger partial charge in [0.25, 0.3) is 5.91 Å². The Morgan fingerprint density at radius 3 is 2.65 bits per heavy atom. The number of aliphatic hydroxyl groups excluding tert-OH is 1. The number of amides is 1. The van der Waals surface area contributed by atoms with Crippen molar-refractivity contribution in [2.75, 3.05) is 33.4 Å². The first kappa shape index (κ1) is 13.7. The highest BCUT2D eigenvalue weighted by Gasteiger charge is 2.19. The van der Waals surface area contributed by atoms with Gasteiger partial charge in [-0.3, -0.25) is 4.79 Å². The van der Waals surface area contributed by atoms with Gasteiger partial charge in [0, 0.05) is 20.2 Å². The molecule has 96 valence electrons. The lowest BCUT2D eigenvalue weighted by Crippen LogP contribution is -2.36. The van der Waals surface area contributed by atoms with Crippen LogP contribution in [0.5, 0.6) is 0 Å². The molecule has 0 saturated heterocycles. The molecule has 0 aromatic carbocycles. The summed E-state index contributed by atoms with van der Waals surface area (Å²) in [6, 6.07) is 1.72. The maximum absolute atomic E-state index is 12.2. The van der Waals surface area contributed by atoms with E-state index in [1.165, 1.54) is 0 Å². The van der Waals surface area contributed by atoms with Crippen LogP contribution in [0.3, 0.4) is 0 Å². The minimum Gasteiger partial charge on any atom is -0.466 e. The predicted molar refractivity (Wildman–Crippen MR) is 63.0 cm³/mol. The van der Waals surface area contributed by atoms with Gasteiger partial charge in [0.15, 0.2) is 0 Å². The average Bonchev–Trinajstić information content (AvgIpc) is 2.63. The zero-order chi connectivity index (χ0) is 12.8. The quantitative estimate of drug-likeness (QED) is 0.806. The van der Waals surface area contributed by atoms with Crippen LogP contribution in [-0.2, 0) is 4.74 Å². The molecule has 1 rings (SSSR count). The maximum Gasteiger partial charge on any atom is 0.257 e. The fraction of sp³-hybridized carbons (Fsp3) is 0.583. The van der Waals surface area contributed by atoms with Crippen molar-refractivity contribution in [1.82, 2.24) is 4.90 Å². The van der Waals surface area contributed by atoms with Gasteiger partial charge in [-0.15, -0.1) is 0 Å². The summed E-state index contributed by atoms with van der Waals surface area (Å²) < 4.78 is 10.3. The van der Waals surface area contributed by atoms with Crippen LogP contribution in [0.25, 0.3) is 0 Å². The van der Waals surface area contributed by atoms with Crippen molar-refractivity contribution in [2.45, 2.75) is 13.8 Å². The van der Waals surface area contributed by atoms with Crippen LogP contribution >= 0.6 is 0 Å². The normalized spacial score (nSPS) is 10.6. The molecule has 0 saturated carbocycles. The molecule has 0 atom stereocenters. The zero-order valence-corrected chi connectivity index (χ0v) is 10.5. The van der Waals surface area contributed by atoms with Crippen molar-refractivity contribution < 1.29 is 19.1 Å². The van der Waals surface area contributed by atoms with E-state index in [4.69, 9.17) is 14.3 Å². The molecule has 1 N–H and O–H groups in total. The Hall–Kier alpha value is -1.33. The van der Waals surface area contributed by atoms with Crippen LogP contribution < -0.4 is 0 Å². The van der Waals surface area contributed by atoms with Crippen molar-refractivity contribution in [1.29, 1.82) is 0 Å². The highest BCUT2D eigenvalue weighted by molar-refractivity contribution is 5.95. The van der Waals surface area contributed by atoms with Crippen LogP contribution in [0.4, 0.5) is 0 Å². The van der Waals surface area contributed by atoms with E-state index >= 15 is 0 Å². The van der Waals surface area contributed by atoms with E-state index in [2.05, 4.69) is 0 Å². The molecule has 5 heteroatoms. The van der Waals surface area contributed by atoms with Crippen LogP contribution in [0.15, 0.2) is 10.5 Å². The summed E-state index contributed by atoms with van der Waals surface area (Å²) in [5.41, 5.74) is 0.548. The summed E-state index contributed by atoms with van der Waals surface area (Å²) in [6.45, 7) is 4.70. The van der Waals surface area contributed by atoms with Gasteiger partial charge in [0.05, 0.1) is 18.8 Å². The van der Waals surface area contributed by atoms with Crippen molar-refractivity contribution in [2.24, 2.45) is 0 Å². The Morgan fingerprint density at radius 1 is 1.47 bits per heavy atom. The minimum atomic E-state index is -0.134. The maximum atomic E-state index is 12.2. The van der Waals surface area contributed by atoms with Gasteiger partial charge in [0.2, 0.25) is 0 Å². The van der Waals surface area contributed by atoms with E-state index in [1.807, 2.05) is 0 Å². The number of methoxy groups -OCH3 is 1. The standard InChI is InChI=1S/C12H19NO4/c1-9-8-11(10(2)17-9)12(15)13(4-6-14)5-7-16-3/h8,14H,4-7H2,1-3H3. The predicted octanol–water partition coefficient (Wildman–Crippen LogP) is 0.977. The Balaban J connectivity index is 2.79. The third-order valence-electron chi connectivity index (χ3n) is 2.49. The second kappa shape index (κ2) is 6.42. The SMILES string of the molecule is COCCN(CCO)C(=O)c1cc(C)oc1C. The number of carbonyl (C=O) groups excluding carboxylic acids is 1. The van der Waals surface area contributed by atoms with Crippen LogP contribution in [0.1, 0.15) is 21.9 Å². The number of carbonyl (C=O) groups is 1. The number of aliphatic hydroxyl groups is 1. The molecule has 0 bridgehead atoms. The average molecular weight is 241 g/mol. The van der Waals surface area contributed by atoms with Gasteiger partial charge in [-0.25, -0.2) is 0 Å². The molecular weight excluding hydrogens is 222 g/mol. The third-order valence-corrected chi connectivity index (χ3v) is 2.49. The smallest absolute Gasteiger partial charge is 0.257 e. The largest absolute Gasteiger partial charge is 0.466 e. The third kappa shape index (κ3) is 3.57. The molecule has 17 heavy (non-hydrogen) atoms. The number of furan rings is 1. The minimum absolute atomic E-state index is 0.0642. The highest BCUT2D eigenvalue weighted by Crippen LogP contribution is 2.15. The number of nitrogens with zero attached hydrogens (tertiary/aromatic N) is 1. The Bertz CT molecular complexity index is 373. The van der Waals surface area contributed by atoms with Crippen LogP contribution in [-0.4, -0.2) is 49.3 Å². The lowest BCUT2D eigenvalue weighted by Gasteiger charge is -2.20. The Morgan fingerprint density at radius 2 is 2.18 bits per heavy atom. The first-order valence-electron chi connectivity index (χ1n) is 5.56. The molecule has 1 aromatic heterocycles. The van der Waals surface area contributed by atoms with Gasteiger partial charge in [-0.05, 0) is 19.9 Å². The number of ether oxygens (including phenoxy) is 1. The van der Waals surface area contributed by atoms with Crippen LogP contribution in [0, 0.1) is 13.8 Å². The monoisotopic (exact) mass is 241 g/mol. The first-order chi connectivity index (χ1) is 8.10. The van der Waals surface area contributed by atoms with E-state index < -0.39 is 0 Å². The topological polar surface area (TPSA) is 62.9 Å². The van der Waals surface area contributed by atoms with Gasteiger partial charge < -0.3 is 19.2 Å². The molecule has 1 heterocycles. The Kier molecular flexibility index (Phi) is 5.18. The molecular formula is C12H19NO4. The van der Waals surface area contributed by atoms with E-state index in [0.717, 1.165) is 0 Å². The molecule has 0 aliphatic carbocycles. The molecule has 5 nitrogen and oxygen atoms in total. The summed E-state index contributed by atoms with van der Waals surface area (Å²) in [4.78, 5) is 13.7. The fourth-order valence-corrected chi connectivity index (χ4v) is 1.65. The summed E-state index contributed by atoms with van der Waals surface area (Å²) in [6.07, 6.45) is 0. The molecule has 1 aromatic rings. The first-order valence-corrected chi connectivity index (χ1v) is 5.56. The summed E-state index contributed by atoms with van der Waals surface area (Å²) in [7, 11) is 1.58. The van der Waals surface area contributed by atoms with Crippen molar-refractivity contribution in [3.63, 3.8) is 0 Å². The van der Waals surface area contributed by atoms with E-state index in [-0.39, 0.29) is 12.5 Å². The summed E-state index contributed by atoms with van der Waals surface area (Å²) in [5.74, 6) is 1.18. The molecule has 1 amide bonds. The molecule has 0 aliphatic heterocycles. The molecule has 0 fully saturated rings. The van der Waals surface area contributed by atoms with Crippen molar-refractivity contribution in [3.05, 3.63) is 23.2 Å². The van der Waals surface area contributed by atoms with Gasteiger partial charge in [-0.2, -0.15) is 0 Å². The molecule has 0 unspecified atom stereocenters. The van der Waals surface area contributed by atoms with Crippen molar-refractivity contribution >= 4 is 5.91 Å². The lowest BCUT2D eigenvalue weighted by atomic mass is 10.2. The van der Waals surface area contributed by atoms with Crippen molar-refractivity contribution in [3.8, 4) is 0 Å². The number of hydrogen-bond donors (Lipinski definition) is 1. The van der Waals surface area contributed by atoms with E-state index in [9.17, 15) is 4.79 Å². The number of aryl methyl sites for hydroxylation is 2. The number of hydrogen-bond acceptors (Lipinski definition) is 4. The molecule has 0 radical (unpaired) electrons. The van der Waals surface area contributed by atoms with Crippen LogP contribution in [0.2, 0.25) is 0 Å². The Labute approximate surface area is 101 Å². The highest BCUT2D eigenvalue weighted by atomic mass is 16.5. The summed E-state index contributed by atoms with van der Waals surface area (Å²) in [5, 5.41) is 8.95. The number of rotatable bonds is 6. The van der Waals surface area contributed by atoms with Gasteiger partial charge in [0.1, 0.15) is 11.5 Å². The summed E-state index contributed by atoms with van der Waals surface area (Å²) >= 11 is 0.